The quantitative estimate of drug-likeness (QED) is 0.613. The Kier molecular flexibility index (Phi) is 6.77. The minimum absolute atomic E-state index is 0.00381. The summed E-state index contributed by atoms with van der Waals surface area (Å²) < 4.78 is 4.95. The number of carbonyl (C=O) groups is 3. The van der Waals surface area contributed by atoms with Crippen LogP contribution in [0.3, 0.4) is 0 Å². The molecular weight excluding hydrogens is 314 g/mol. The first-order chi connectivity index (χ1) is 11.1. The summed E-state index contributed by atoms with van der Waals surface area (Å²) >= 11 is 1.35. The summed E-state index contributed by atoms with van der Waals surface area (Å²) in [5.74, 6) is -0.382. The van der Waals surface area contributed by atoms with Crippen LogP contribution in [0.15, 0.2) is 17.5 Å². The third-order valence-electron chi connectivity index (χ3n) is 4.17. The molecule has 5 nitrogen and oxygen atoms in total. The minimum Gasteiger partial charge on any atom is -0.456 e. The van der Waals surface area contributed by atoms with Gasteiger partial charge in [-0.25, -0.2) is 0 Å². The number of Topliss-reactive ketones (excluding diaryl/α,β-unsaturated/α-hetero) is 1. The van der Waals surface area contributed by atoms with Crippen molar-refractivity contribution in [1.82, 2.24) is 5.32 Å². The summed E-state index contributed by atoms with van der Waals surface area (Å²) in [6.07, 6.45) is 4.55. The van der Waals surface area contributed by atoms with Crippen LogP contribution in [0.4, 0.5) is 0 Å². The molecule has 1 aliphatic carbocycles. The summed E-state index contributed by atoms with van der Waals surface area (Å²) in [6.45, 7) is 1.86. The highest BCUT2D eigenvalue weighted by molar-refractivity contribution is 7.12. The molecule has 0 saturated heterocycles. The molecule has 1 N–H and O–H groups in total. The van der Waals surface area contributed by atoms with Gasteiger partial charge in [-0.05, 0) is 30.2 Å². The van der Waals surface area contributed by atoms with Crippen molar-refractivity contribution in [3.63, 3.8) is 0 Å². The number of carbonyl (C=O) groups excluding carboxylic acids is 3. The molecule has 1 fully saturated rings. The maximum Gasteiger partial charge on any atom is 0.306 e. The average Bonchev–Trinajstić information content (AvgIpc) is 3.07. The smallest absolute Gasteiger partial charge is 0.306 e. The van der Waals surface area contributed by atoms with Crippen molar-refractivity contribution in [3.8, 4) is 0 Å². The molecule has 0 spiro atoms. The standard InChI is InChI=1S/C17H23NO4S/c1-12-5-2-3-6-13(12)18-16(20)11-22-17(21)9-8-14(19)15-7-4-10-23-15/h4,7,10,12-13H,2-3,5-6,8-9,11H2,1H3,(H,18,20)/t12-,13+/m1/s1. The summed E-state index contributed by atoms with van der Waals surface area (Å²) in [6, 6.07) is 3.71. The molecule has 1 aromatic heterocycles. The summed E-state index contributed by atoms with van der Waals surface area (Å²) in [7, 11) is 0. The molecule has 126 valence electrons. The van der Waals surface area contributed by atoms with Crippen LogP contribution in [0.5, 0.6) is 0 Å². The second-order valence-electron chi connectivity index (χ2n) is 6.00. The van der Waals surface area contributed by atoms with Gasteiger partial charge in [-0.15, -0.1) is 11.3 Å². The zero-order chi connectivity index (χ0) is 16.7. The molecule has 1 amide bonds. The largest absolute Gasteiger partial charge is 0.456 e. The number of esters is 1. The predicted molar refractivity (Wildman–Crippen MR) is 88.4 cm³/mol. The highest BCUT2D eigenvalue weighted by atomic mass is 32.1. The van der Waals surface area contributed by atoms with Gasteiger partial charge in [0.25, 0.3) is 5.91 Å². The van der Waals surface area contributed by atoms with Crippen LogP contribution < -0.4 is 5.32 Å². The molecule has 6 heteroatoms. The molecule has 2 atom stereocenters. The number of nitrogens with one attached hydrogen (secondary N) is 1. The van der Waals surface area contributed by atoms with E-state index in [0.717, 1.165) is 19.3 Å². The first kappa shape index (κ1) is 17.7. The molecule has 0 aromatic carbocycles. The van der Waals surface area contributed by atoms with E-state index in [1.165, 1.54) is 17.8 Å². The van der Waals surface area contributed by atoms with E-state index in [4.69, 9.17) is 4.74 Å². The number of amides is 1. The highest BCUT2D eigenvalue weighted by Gasteiger charge is 2.23. The van der Waals surface area contributed by atoms with Gasteiger partial charge in [0.1, 0.15) is 0 Å². The van der Waals surface area contributed by atoms with Gasteiger partial charge in [0.05, 0.1) is 11.3 Å². The maximum absolute atomic E-state index is 11.8. The second kappa shape index (κ2) is 8.82. The lowest BCUT2D eigenvalue weighted by molar-refractivity contribution is -0.148. The van der Waals surface area contributed by atoms with Crippen molar-refractivity contribution < 1.29 is 19.1 Å². The summed E-state index contributed by atoms with van der Waals surface area (Å²) in [5.41, 5.74) is 0. The van der Waals surface area contributed by atoms with Crippen molar-refractivity contribution >= 4 is 29.0 Å². The fourth-order valence-electron chi connectivity index (χ4n) is 2.77. The fraction of sp³-hybridized carbons (Fsp3) is 0.588. The third-order valence-corrected chi connectivity index (χ3v) is 5.09. The molecule has 0 aliphatic heterocycles. The lowest BCUT2D eigenvalue weighted by Gasteiger charge is -2.29. The van der Waals surface area contributed by atoms with E-state index in [2.05, 4.69) is 12.2 Å². The Labute approximate surface area is 140 Å². The first-order valence-electron chi connectivity index (χ1n) is 8.08. The van der Waals surface area contributed by atoms with Crippen LogP contribution in [0.1, 0.15) is 55.1 Å². The second-order valence-corrected chi connectivity index (χ2v) is 6.94. The Morgan fingerprint density at radius 2 is 2.04 bits per heavy atom. The number of rotatable bonds is 7. The fourth-order valence-corrected chi connectivity index (χ4v) is 3.47. The molecule has 1 aliphatic rings. The molecule has 1 aromatic rings. The van der Waals surface area contributed by atoms with E-state index >= 15 is 0 Å². The molecule has 0 radical (unpaired) electrons. The third kappa shape index (κ3) is 5.78. The predicted octanol–water partition coefficient (Wildman–Crippen LogP) is 2.95. The van der Waals surface area contributed by atoms with E-state index in [9.17, 15) is 14.4 Å². The monoisotopic (exact) mass is 337 g/mol. The van der Waals surface area contributed by atoms with Gasteiger partial charge in [-0.2, -0.15) is 0 Å². The molecule has 1 heterocycles. The van der Waals surface area contributed by atoms with Crippen molar-refractivity contribution in [2.75, 3.05) is 6.61 Å². The maximum atomic E-state index is 11.8. The van der Waals surface area contributed by atoms with Gasteiger partial charge in [0.2, 0.25) is 0 Å². The highest BCUT2D eigenvalue weighted by Crippen LogP contribution is 2.23. The summed E-state index contributed by atoms with van der Waals surface area (Å²) in [4.78, 5) is 35.9. The Hall–Kier alpha value is -1.69. The Morgan fingerprint density at radius 1 is 1.26 bits per heavy atom. The van der Waals surface area contributed by atoms with E-state index in [-0.39, 0.29) is 37.2 Å². The zero-order valence-corrected chi connectivity index (χ0v) is 14.2. The van der Waals surface area contributed by atoms with Gasteiger partial charge in [-0.1, -0.05) is 25.8 Å². The number of ether oxygens (including phenoxy) is 1. The van der Waals surface area contributed by atoms with Crippen LogP contribution in [-0.2, 0) is 14.3 Å². The average molecular weight is 337 g/mol. The zero-order valence-electron chi connectivity index (χ0n) is 13.4. The van der Waals surface area contributed by atoms with Crippen LogP contribution in [-0.4, -0.2) is 30.3 Å². The van der Waals surface area contributed by atoms with Crippen LogP contribution >= 0.6 is 11.3 Å². The molecule has 1 saturated carbocycles. The first-order valence-corrected chi connectivity index (χ1v) is 8.96. The number of ketones is 1. The molecule has 0 bridgehead atoms. The number of thiophene rings is 1. The molecule has 2 rings (SSSR count). The van der Waals surface area contributed by atoms with E-state index in [0.29, 0.717) is 10.8 Å². The summed E-state index contributed by atoms with van der Waals surface area (Å²) in [5, 5.41) is 4.75. The Morgan fingerprint density at radius 3 is 2.74 bits per heavy atom. The van der Waals surface area contributed by atoms with Crippen molar-refractivity contribution in [1.29, 1.82) is 0 Å². The lowest BCUT2D eigenvalue weighted by Crippen LogP contribution is -2.42. The SMILES string of the molecule is C[C@@H]1CCCC[C@@H]1NC(=O)COC(=O)CCC(=O)c1cccs1. The minimum atomic E-state index is -0.512. The van der Waals surface area contributed by atoms with Crippen molar-refractivity contribution in [2.45, 2.75) is 51.5 Å². The van der Waals surface area contributed by atoms with Gasteiger partial charge in [0.15, 0.2) is 12.4 Å². The van der Waals surface area contributed by atoms with E-state index in [1.807, 2.05) is 5.38 Å². The van der Waals surface area contributed by atoms with E-state index < -0.39 is 5.97 Å². The van der Waals surface area contributed by atoms with Crippen molar-refractivity contribution in [2.24, 2.45) is 5.92 Å². The van der Waals surface area contributed by atoms with Gasteiger partial charge >= 0.3 is 5.97 Å². The van der Waals surface area contributed by atoms with Crippen LogP contribution in [0, 0.1) is 5.92 Å². The normalized spacial score (nSPS) is 20.7. The van der Waals surface area contributed by atoms with Crippen LogP contribution in [0.2, 0.25) is 0 Å². The molecule has 23 heavy (non-hydrogen) atoms. The van der Waals surface area contributed by atoms with Gasteiger partial charge in [0, 0.05) is 12.5 Å². The Balaban J connectivity index is 1.63. The molecule has 0 unspecified atom stereocenters. The number of hydrogen-bond acceptors (Lipinski definition) is 5. The topological polar surface area (TPSA) is 72.5 Å². The molecular formula is C17H23NO4S. The van der Waals surface area contributed by atoms with E-state index in [1.54, 1.807) is 12.1 Å². The van der Waals surface area contributed by atoms with Crippen molar-refractivity contribution in [3.05, 3.63) is 22.4 Å². The van der Waals surface area contributed by atoms with Gasteiger partial charge in [-0.3, -0.25) is 14.4 Å². The lowest BCUT2D eigenvalue weighted by atomic mass is 9.86. The van der Waals surface area contributed by atoms with Gasteiger partial charge < -0.3 is 10.1 Å². The Bertz CT molecular complexity index is 541. The number of hydrogen-bond donors (Lipinski definition) is 1. The van der Waals surface area contributed by atoms with Crippen LogP contribution in [0.25, 0.3) is 0 Å².